The van der Waals surface area contributed by atoms with Gasteiger partial charge in [0.25, 0.3) is 5.60 Å². The van der Waals surface area contributed by atoms with Gasteiger partial charge in [-0.3, -0.25) is 4.90 Å². The topological polar surface area (TPSA) is 73.8 Å². The zero-order chi connectivity index (χ0) is 28.4. The fourth-order valence-electron chi connectivity index (χ4n) is 4.73. The molecule has 0 unspecified atom stereocenters. The lowest BCUT2D eigenvalue weighted by Crippen LogP contribution is -2.53. The maximum absolute atomic E-state index is 14.5. The fraction of sp³-hybridized carbons (Fsp3) is 0.500. The lowest BCUT2D eigenvalue weighted by atomic mass is 9.89. The standard InChI is InChI=1S/C26H28F7N3O3/c27-21-12-18(3-6-22(21)35-23(37)34-20-14-39-15-20)11-16-7-9-36(10-8-16)13-17-1-4-19(5-2-17)24(38,25(28,29)30)26(31,32)33/h1-6,12,16,20,38H,7-11,13-15H2,(H2,34,35,37). The van der Waals surface area contributed by atoms with Crippen molar-refractivity contribution in [2.75, 3.05) is 31.6 Å². The molecule has 39 heavy (non-hydrogen) atoms. The number of aliphatic hydroxyl groups is 1. The van der Waals surface area contributed by atoms with Gasteiger partial charge >= 0.3 is 18.4 Å². The van der Waals surface area contributed by atoms with Crippen LogP contribution in [0, 0.1) is 11.7 Å². The van der Waals surface area contributed by atoms with Gasteiger partial charge in [0.1, 0.15) is 5.82 Å². The van der Waals surface area contributed by atoms with E-state index in [0.29, 0.717) is 57.0 Å². The molecule has 0 atom stereocenters. The third-order valence-electron chi connectivity index (χ3n) is 7.08. The third-order valence-corrected chi connectivity index (χ3v) is 7.08. The van der Waals surface area contributed by atoms with Crippen molar-refractivity contribution in [3.8, 4) is 0 Å². The number of hydrogen-bond acceptors (Lipinski definition) is 4. The van der Waals surface area contributed by atoms with Crippen molar-refractivity contribution in [2.45, 2.75) is 49.8 Å². The summed E-state index contributed by atoms with van der Waals surface area (Å²) in [7, 11) is 0. The van der Waals surface area contributed by atoms with Crippen LogP contribution in [0.5, 0.6) is 0 Å². The second-order valence-electron chi connectivity index (χ2n) is 9.97. The van der Waals surface area contributed by atoms with Gasteiger partial charge in [-0.15, -0.1) is 0 Å². The highest BCUT2D eigenvalue weighted by Gasteiger charge is 2.71. The maximum Gasteiger partial charge on any atom is 0.430 e. The number of alkyl halides is 6. The average molecular weight is 564 g/mol. The summed E-state index contributed by atoms with van der Waals surface area (Å²) >= 11 is 0. The van der Waals surface area contributed by atoms with Gasteiger partial charge in [-0.25, -0.2) is 9.18 Å². The summed E-state index contributed by atoms with van der Waals surface area (Å²) in [4.78, 5) is 14.0. The zero-order valence-electron chi connectivity index (χ0n) is 20.7. The molecule has 2 aliphatic heterocycles. The van der Waals surface area contributed by atoms with Crippen LogP contribution in [-0.4, -0.2) is 60.7 Å². The van der Waals surface area contributed by atoms with E-state index in [0.717, 1.165) is 30.5 Å². The zero-order valence-corrected chi connectivity index (χ0v) is 20.7. The molecule has 0 spiro atoms. The van der Waals surface area contributed by atoms with E-state index in [4.69, 9.17) is 4.74 Å². The van der Waals surface area contributed by atoms with Gasteiger partial charge in [0, 0.05) is 12.1 Å². The first-order valence-electron chi connectivity index (χ1n) is 12.4. The highest BCUT2D eigenvalue weighted by molar-refractivity contribution is 5.89. The fourth-order valence-corrected chi connectivity index (χ4v) is 4.73. The number of benzene rings is 2. The molecule has 2 saturated heterocycles. The summed E-state index contributed by atoms with van der Waals surface area (Å²) in [5.74, 6) is -0.284. The van der Waals surface area contributed by atoms with E-state index in [9.17, 15) is 40.6 Å². The van der Waals surface area contributed by atoms with E-state index in [1.165, 1.54) is 12.1 Å². The Morgan fingerprint density at radius 3 is 2.05 bits per heavy atom. The number of nitrogens with one attached hydrogen (secondary N) is 2. The van der Waals surface area contributed by atoms with Crippen LogP contribution in [0.2, 0.25) is 0 Å². The summed E-state index contributed by atoms with van der Waals surface area (Å²) in [5, 5.41) is 14.7. The summed E-state index contributed by atoms with van der Waals surface area (Å²) in [6.45, 7) is 2.47. The molecule has 0 bridgehead atoms. The number of rotatable bonds is 7. The lowest BCUT2D eigenvalue weighted by Gasteiger charge is -2.33. The molecule has 214 valence electrons. The average Bonchev–Trinajstić information content (AvgIpc) is 2.83. The molecule has 0 saturated carbocycles. The first kappa shape index (κ1) is 29.1. The predicted octanol–water partition coefficient (Wildman–Crippen LogP) is 5.11. The largest absolute Gasteiger partial charge is 0.430 e. The number of carbonyl (C=O) groups is 1. The van der Waals surface area contributed by atoms with Gasteiger partial charge < -0.3 is 20.5 Å². The number of halogens is 7. The maximum atomic E-state index is 14.5. The second kappa shape index (κ2) is 11.3. The quantitative estimate of drug-likeness (QED) is 0.410. The molecule has 6 nitrogen and oxygen atoms in total. The van der Waals surface area contributed by atoms with Crippen molar-refractivity contribution >= 4 is 11.7 Å². The van der Waals surface area contributed by atoms with E-state index < -0.39 is 35.4 Å². The molecule has 2 aromatic carbocycles. The number of likely N-dealkylation sites (tertiary alicyclic amines) is 1. The highest BCUT2D eigenvalue weighted by Crippen LogP contribution is 2.50. The van der Waals surface area contributed by atoms with E-state index in [1.807, 2.05) is 4.90 Å². The monoisotopic (exact) mass is 563 g/mol. The molecule has 13 heteroatoms. The van der Waals surface area contributed by atoms with Crippen molar-refractivity contribution < 1.29 is 45.4 Å². The van der Waals surface area contributed by atoms with Crippen molar-refractivity contribution in [3.05, 3.63) is 65.0 Å². The lowest BCUT2D eigenvalue weighted by molar-refractivity contribution is -0.376. The Balaban J connectivity index is 1.27. The summed E-state index contributed by atoms with van der Waals surface area (Å²) in [6.07, 6.45) is -9.68. The Kier molecular flexibility index (Phi) is 8.43. The minimum Gasteiger partial charge on any atom is -0.377 e. The van der Waals surface area contributed by atoms with Gasteiger partial charge in [0.15, 0.2) is 0 Å². The van der Waals surface area contributed by atoms with Crippen LogP contribution in [0.15, 0.2) is 42.5 Å². The molecule has 0 aromatic heterocycles. The molecule has 3 N–H and O–H groups in total. The van der Waals surface area contributed by atoms with Gasteiger partial charge in [0.2, 0.25) is 0 Å². The van der Waals surface area contributed by atoms with Crippen LogP contribution in [0.25, 0.3) is 0 Å². The molecule has 2 heterocycles. The Morgan fingerprint density at radius 2 is 1.54 bits per heavy atom. The molecule has 4 rings (SSSR count). The minimum absolute atomic E-state index is 0.0706. The molecule has 0 radical (unpaired) electrons. The number of anilines is 1. The van der Waals surface area contributed by atoms with Gasteiger partial charge in [-0.05, 0) is 61.5 Å². The molecule has 2 amide bonds. The first-order chi connectivity index (χ1) is 18.3. The molecule has 0 aliphatic carbocycles. The van der Waals surface area contributed by atoms with Crippen LogP contribution < -0.4 is 10.6 Å². The van der Waals surface area contributed by atoms with Crippen LogP contribution in [-0.2, 0) is 23.3 Å². The molecular weight excluding hydrogens is 535 g/mol. The summed E-state index contributed by atoms with van der Waals surface area (Å²) in [6, 6.07) is 7.68. The normalized spacial score (nSPS) is 18.1. The van der Waals surface area contributed by atoms with Crippen molar-refractivity contribution in [1.29, 1.82) is 0 Å². The number of piperidine rings is 1. The number of nitrogens with zero attached hydrogens (tertiary/aromatic N) is 1. The van der Waals surface area contributed by atoms with E-state index in [1.54, 1.807) is 6.07 Å². The Bertz CT molecular complexity index is 1130. The van der Waals surface area contributed by atoms with Crippen LogP contribution >= 0.6 is 0 Å². The number of amides is 2. The van der Waals surface area contributed by atoms with Gasteiger partial charge in [-0.1, -0.05) is 30.3 Å². The number of hydrogen-bond donors (Lipinski definition) is 3. The third kappa shape index (κ3) is 6.64. The Hall–Kier alpha value is -2.90. The molecule has 2 fully saturated rings. The molecule has 2 aromatic rings. The van der Waals surface area contributed by atoms with Crippen molar-refractivity contribution in [3.63, 3.8) is 0 Å². The van der Waals surface area contributed by atoms with Crippen molar-refractivity contribution in [2.24, 2.45) is 5.92 Å². The SMILES string of the molecule is O=C(Nc1ccc(CC2CCN(Cc3ccc(C(O)(C(F)(F)F)C(F)(F)F)cc3)CC2)cc1F)NC1COC1. The van der Waals surface area contributed by atoms with E-state index in [2.05, 4.69) is 10.6 Å². The molecular formula is C26H28F7N3O3. The number of carbonyl (C=O) groups excluding carboxylic acids is 1. The van der Waals surface area contributed by atoms with Crippen molar-refractivity contribution in [1.82, 2.24) is 10.2 Å². The van der Waals surface area contributed by atoms with E-state index >= 15 is 0 Å². The Labute approximate surface area is 220 Å². The van der Waals surface area contributed by atoms with Crippen LogP contribution in [0.3, 0.4) is 0 Å². The van der Waals surface area contributed by atoms with Gasteiger partial charge in [-0.2, -0.15) is 26.3 Å². The number of ether oxygens (including phenoxy) is 1. The second-order valence-corrected chi connectivity index (χ2v) is 9.97. The summed E-state index contributed by atoms with van der Waals surface area (Å²) < 4.78 is 98.0. The first-order valence-corrected chi connectivity index (χ1v) is 12.4. The Morgan fingerprint density at radius 1 is 0.949 bits per heavy atom. The predicted molar refractivity (Wildman–Crippen MR) is 127 cm³/mol. The highest BCUT2D eigenvalue weighted by atomic mass is 19.4. The summed E-state index contributed by atoms with van der Waals surface area (Å²) in [5.41, 5.74) is -4.86. The van der Waals surface area contributed by atoms with E-state index in [-0.39, 0.29) is 17.6 Å². The van der Waals surface area contributed by atoms with Gasteiger partial charge in [0.05, 0.1) is 24.9 Å². The number of urea groups is 1. The minimum atomic E-state index is -5.92. The van der Waals surface area contributed by atoms with Crippen LogP contribution in [0.4, 0.5) is 41.2 Å². The molecule has 2 aliphatic rings. The van der Waals surface area contributed by atoms with Crippen LogP contribution in [0.1, 0.15) is 29.5 Å². The smallest absolute Gasteiger partial charge is 0.377 e.